The lowest BCUT2D eigenvalue weighted by atomic mass is 9.93. The monoisotopic (exact) mass is 308 g/mol. The Morgan fingerprint density at radius 3 is 2.00 bits per heavy atom. The topological polar surface area (TPSA) is 41.1 Å². The molecule has 1 aliphatic heterocycles. The van der Waals surface area contributed by atoms with Crippen molar-refractivity contribution < 1.29 is 4.79 Å². The molecule has 23 heavy (non-hydrogen) atoms. The number of amides is 1. The van der Waals surface area contributed by atoms with E-state index in [1.54, 1.807) is 0 Å². The van der Waals surface area contributed by atoms with Gasteiger partial charge in [0.1, 0.15) is 0 Å². The van der Waals surface area contributed by atoms with Crippen molar-refractivity contribution in [2.24, 2.45) is 5.92 Å². The molecule has 2 aromatic carbocycles. The molecule has 0 radical (unpaired) electrons. The Bertz CT molecular complexity index is 567. The number of carbonyl (C=O) groups excluding carboxylic acids is 1. The van der Waals surface area contributed by atoms with Crippen molar-refractivity contribution in [2.45, 2.75) is 25.3 Å². The molecular weight excluding hydrogens is 284 g/mol. The van der Waals surface area contributed by atoms with E-state index in [4.69, 9.17) is 0 Å². The minimum absolute atomic E-state index is 0.0772. The first-order chi connectivity index (χ1) is 11.3. The first-order valence-corrected chi connectivity index (χ1v) is 8.43. The van der Waals surface area contributed by atoms with Gasteiger partial charge in [-0.3, -0.25) is 4.79 Å². The normalized spacial score (nSPS) is 15.5. The van der Waals surface area contributed by atoms with Crippen molar-refractivity contribution in [1.29, 1.82) is 0 Å². The smallest absolute Gasteiger partial charge is 0.221 e. The highest BCUT2D eigenvalue weighted by Gasteiger charge is 2.20. The second-order valence-electron chi connectivity index (χ2n) is 6.22. The van der Waals surface area contributed by atoms with E-state index in [0.29, 0.717) is 12.3 Å². The van der Waals surface area contributed by atoms with Gasteiger partial charge in [-0.15, -0.1) is 0 Å². The number of hydrogen-bond donors (Lipinski definition) is 2. The quantitative estimate of drug-likeness (QED) is 0.890. The van der Waals surface area contributed by atoms with E-state index in [1.165, 1.54) is 0 Å². The van der Waals surface area contributed by atoms with Gasteiger partial charge in [-0.05, 0) is 43.0 Å². The maximum absolute atomic E-state index is 12.5. The molecule has 0 atom stereocenters. The Morgan fingerprint density at radius 2 is 1.48 bits per heavy atom. The average molecular weight is 308 g/mol. The molecule has 1 saturated heterocycles. The van der Waals surface area contributed by atoms with Crippen LogP contribution in [0.25, 0.3) is 0 Å². The molecule has 0 saturated carbocycles. The van der Waals surface area contributed by atoms with E-state index in [0.717, 1.165) is 37.1 Å². The summed E-state index contributed by atoms with van der Waals surface area (Å²) in [6.45, 7) is 2.05. The van der Waals surface area contributed by atoms with Gasteiger partial charge in [-0.2, -0.15) is 0 Å². The lowest BCUT2D eigenvalue weighted by molar-refractivity contribution is -0.122. The van der Waals surface area contributed by atoms with Crippen molar-refractivity contribution in [3.8, 4) is 0 Å². The zero-order valence-electron chi connectivity index (χ0n) is 13.4. The third-order valence-corrected chi connectivity index (χ3v) is 4.50. The standard InChI is InChI=1S/C20H24N2O/c23-19(15-16-11-13-21-14-12-16)22-20(17-7-3-1-4-8-17)18-9-5-2-6-10-18/h1-10,16,20-21H,11-15H2,(H,22,23). The predicted molar refractivity (Wildman–Crippen MR) is 93.1 cm³/mol. The molecule has 3 rings (SSSR count). The summed E-state index contributed by atoms with van der Waals surface area (Å²) in [5.41, 5.74) is 2.25. The van der Waals surface area contributed by atoms with E-state index < -0.39 is 0 Å². The molecule has 0 unspecified atom stereocenters. The summed E-state index contributed by atoms with van der Waals surface area (Å²) in [7, 11) is 0. The van der Waals surface area contributed by atoms with Crippen molar-refractivity contribution in [3.63, 3.8) is 0 Å². The molecule has 1 amide bonds. The van der Waals surface area contributed by atoms with Crippen LogP contribution in [0.5, 0.6) is 0 Å². The van der Waals surface area contributed by atoms with Crippen LogP contribution in [0.4, 0.5) is 0 Å². The zero-order valence-corrected chi connectivity index (χ0v) is 13.4. The van der Waals surface area contributed by atoms with Gasteiger partial charge in [0.15, 0.2) is 0 Å². The molecular formula is C20H24N2O. The summed E-state index contributed by atoms with van der Waals surface area (Å²) < 4.78 is 0. The molecule has 2 N–H and O–H groups in total. The maximum atomic E-state index is 12.5. The zero-order chi connectivity index (χ0) is 15.9. The highest BCUT2D eigenvalue weighted by atomic mass is 16.1. The second-order valence-corrected chi connectivity index (χ2v) is 6.22. The number of nitrogens with one attached hydrogen (secondary N) is 2. The highest BCUT2D eigenvalue weighted by Crippen LogP contribution is 2.23. The van der Waals surface area contributed by atoms with Crippen LogP contribution in [0.2, 0.25) is 0 Å². The molecule has 0 aliphatic carbocycles. The van der Waals surface area contributed by atoms with Crippen molar-refractivity contribution in [2.75, 3.05) is 13.1 Å². The molecule has 3 heteroatoms. The van der Waals surface area contributed by atoms with Crippen LogP contribution in [0.15, 0.2) is 60.7 Å². The van der Waals surface area contributed by atoms with Gasteiger partial charge in [0.05, 0.1) is 6.04 Å². The van der Waals surface area contributed by atoms with Gasteiger partial charge in [-0.25, -0.2) is 0 Å². The van der Waals surface area contributed by atoms with Crippen LogP contribution in [0.3, 0.4) is 0 Å². The molecule has 0 spiro atoms. The number of piperidine rings is 1. The fourth-order valence-corrected chi connectivity index (χ4v) is 3.22. The van der Waals surface area contributed by atoms with Crippen LogP contribution < -0.4 is 10.6 Å². The van der Waals surface area contributed by atoms with Crippen LogP contribution in [-0.2, 0) is 4.79 Å². The Kier molecular flexibility index (Phi) is 5.43. The van der Waals surface area contributed by atoms with E-state index in [9.17, 15) is 4.79 Å². The summed E-state index contributed by atoms with van der Waals surface area (Å²) in [6.07, 6.45) is 2.81. The summed E-state index contributed by atoms with van der Waals surface area (Å²) in [6, 6.07) is 20.3. The van der Waals surface area contributed by atoms with Gasteiger partial charge in [0.25, 0.3) is 0 Å². The summed E-state index contributed by atoms with van der Waals surface area (Å²) in [5, 5.41) is 6.59. The van der Waals surface area contributed by atoms with Crippen LogP contribution in [0.1, 0.15) is 36.4 Å². The molecule has 1 fully saturated rings. The van der Waals surface area contributed by atoms with Crippen molar-refractivity contribution in [3.05, 3.63) is 71.8 Å². The predicted octanol–water partition coefficient (Wildman–Crippen LogP) is 3.28. The lowest BCUT2D eigenvalue weighted by Crippen LogP contribution is -2.34. The van der Waals surface area contributed by atoms with Gasteiger partial charge >= 0.3 is 0 Å². The molecule has 0 aromatic heterocycles. The molecule has 120 valence electrons. The van der Waals surface area contributed by atoms with Crippen molar-refractivity contribution in [1.82, 2.24) is 10.6 Å². The first kappa shape index (κ1) is 15.8. The van der Waals surface area contributed by atoms with Crippen molar-refractivity contribution >= 4 is 5.91 Å². The Morgan fingerprint density at radius 1 is 0.957 bits per heavy atom. The minimum Gasteiger partial charge on any atom is -0.345 e. The van der Waals surface area contributed by atoms with Gasteiger partial charge in [0, 0.05) is 6.42 Å². The Hall–Kier alpha value is -2.13. The van der Waals surface area contributed by atoms with E-state index in [2.05, 4.69) is 34.9 Å². The molecule has 1 aliphatic rings. The molecule has 3 nitrogen and oxygen atoms in total. The number of hydrogen-bond acceptors (Lipinski definition) is 2. The maximum Gasteiger partial charge on any atom is 0.221 e. The first-order valence-electron chi connectivity index (χ1n) is 8.43. The lowest BCUT2D eigenvalue weighted by Gasteiger charge is -2.24. The second kappa shape index (κ2) is 7.93. The van der Waals surface area contributed by atoms with E-state index in [-0.39, 0.29) is 11.9 Å². The Labute approximate surface area is 138 Å². The number of benzene rings is 2. The average Bonchev–Trinajstić information content (AvgIpc) is 2.62. The molecule has 1 heterocycles. The Balaban J connectivity index is 1.72. The van der Waals surface area contributed by atoms with E-state index in [1.807, 2.05) is 36.4 Å². The molecule has 2 aromatic rings. The fourth-order valence-electron chi connectivity index (χ4n) is 3.22. The van der Waals surface area contributed by atoms with E-state index >= 15 is 0 Å². The van der Waals surface area contributed by atoms with Crippen LogP contribution in [0, 0.1) is 5.92 Å². The SMILES string of the molecule is O=C(CC1CCNCC1)NC(c1ccccc1)c1ccccc1. The van der Waals surface area contributed by atoms with Gasteiger partial charge < -0.3 is 10.6 Å². The summed E-state index contributed by atoms with van der Waals surface area (Å²) in [4.78, 5) is 12.5. The summed E-state index contributed by atoms with van der Waals surface area (Å²) >= 11 is 0. The fraction of sp³-hybridized carbons (Fsp3) is 0.350. The number of carbonyl (C=O) groups is 1. The van der Waals surface area contributed by atoms with Crippen LogP contribution in [-0.4, -0.2) is 19.0 Å². The largest absolute Gasteiger partial charge is 0.345 e. The third-order valence-electron chi connectivity index (χ3n) is 4.50. The highest BCUT2D eigenvalue weighted by molar-refractivity contribution is 5.77. The third kappa shape index (κ3) is 4.42. The summed E-state index contributed by atoms with van der Waals surface area (Å²) in [5.74, 6) is 0.651. The van der Waals surface area contributed by atoms with Gasteiger partial charge in [-0.1, -0.05) is 60.7 Å². The van der Waals surface area contributed by atoms with Crippen LogP contribution >= 0.6 is 0 Å². The molecule has 0 bridgehead atoms. The van der Waals surface area contributed by atoms with Gasteiger partial charge in [0.2, 0.25) is 5.91 Å². The number of rotatable bonds is 5. The minimum atomic E-state index is -0.0772.